The highest BCUT2D eigenvalue weighted by Gasteiger charge is 2.34. The van der Waals surface area contributed by atoms with E-state index in [9.17, 15) is 4.79 Å². The summed E-state index contributed by atoms with van der Waals surface area (Å²) >= 11 is 0. The molecule has 234 valence electrons. The zero-order chi connectivity index (χ0) is 30.1. The minimum Gasteiger partial charge on any atom is -0.466 e. The number of allylic oxidation sites excluding steroid dienone is 1. The minimum atomic E-state index is -0.137. The minimum absolute atomic E-state index is 0.0707. The summed E-state index contributed by atoms with van der Waals surface area (Å²) in [6, 6.07) is 12.8. The Balaban J connectivity index is 1.06. The van der Waals surface area contributed by atoms with Gasteiger partial charge in [-0.3, -0.25) is 9.79 Å². The van der Waals surface area contributed by atoms with Crippen LogP contribution in [0.1, 0.15) is 138 Å². The lowest BCUT2D eigenvalue weighted by Crippen LogP contribution is -2.14. The second-order valence-corrected chi connectivity index (χ2v) is 13.1. The van der Waals surface area contributed by atoms with E-state index >= 15 is 0 Å². The van der Waals surface area contributed by atoms with E-state index in [1.165, 1.54) is 81.2 Å². The lowest BCUT2D eigenvalue weighted by atomic mass is 9.98. The number of carbonyl (C=O) groups excluding carboxylic acids is 1. The molecule has 1 fully saturated rings. The second-order valence-electron chi connectivity index (χ2n) is 13.1. The molecule has 3 atom stereocenters. The maximum Gasteiger partial charge on any atom is 0.306 e. The van der Waals surface area contributed by atoms with Gasteiger partial charge in [-0.2, -0.15) is 0 Å². The predicted octanol–water partition coefficient (Wildman–Crippen LogP) is 7.69. The van der Waals surface area contributed by atoms with E-state index in [-0.39, 0.29) is 23.8 Å². The molecule has 3 N–H and O–H groups in total. The number of esters is 1. The van der Waals surface area contributed by atoms with Crippen LogP contribution in [0.2, 0.25) is 0 Å². The van der Waals surface area contributed by atoms with Gasteiger partial charge in [0.1, 0.15) is 0 Å². The van der Waals surface area contributed by atoms with Crippen LogP contribution >= 0.6 is 0 Å². The number of ether oxygens (including phenoxy) is 1. The van der Waals surface area contributed by atoms with Crippen molar-refractivity contribution in [2.24, 2.45) is 4.99 Å². The number of aromatic amines is 3. The Morgan fingerprint density at radius 1 is 0.773 bits per heavy atom. The Kier molecular flexibility index (Phi) is 10.4. The zero-order valence-corrected chi connectivity index (χ0v) is 26.5. The average Bonchev–Trinajstić information content (AvgIpc) is 3.85. The van der Waals surface area contributed by atoms with Crippen molar-refractivity contribution in [2.45, 2.75) is 121 Å². The number of nitrogens with zero attached hydrogens (tertiary/aromatic N) is 1. The lowest BCUT2D eigenvalue weighted by Gasteiger charge is -2.15. The normalized spacial score (nSPS) is 20.2. The van der Waals surface area contributed by atoms with Gasteiger partial charge in [-0.25, -0.2) is 0 Å². The molecule has 6 rings (SSSR count). The molecule has 3 aromatic heterocycles. The van der Waals surface area contributed by atoms with Crippen molar-refractivity contribution in [3.63, 3.8) is 0 Å². The molecule has 0 radical (unpaired) electrons. The van der Waals surface area contributed by atoms with Crippen molar-refractivity contribution < 1.29 is 9.53 Å². The first-order valence-corrected chi connectivity index (χ1v) is 17.4. The number of hydrogen-bond donors (Lipinski definition) is 3. The number of carbonyl (C=O) groups is 1. The third kappa shape index (κ3) is 7.75. The number of H-pyrrole nitrogens is 3. The fourth-order valence-corrected chi connectivity index (χ4v) is 7.18. The Morgan fingerprint density at radius 2 is 1.45 bits per heavy atom. The van der Waals surface area contributed by atoms with E-state index in [0.29, 0.717) is 13.0 Å². The number of nitrogens with one attached hydrogen (secondary N) is 3. The highest BCUT2D eigenvalue weighted by Crippen LogP contribution is 2.40. The van der Waals surface area contributed by atoms with Gasteiger partial charge in [0.05, 0.1) is 19.1 Å². The van der Waals surface area contributed by atoms with Gasteiger partial charge in [0.25, 0.3) is 0 Å². The first-order chi connectivity index (χ1) is 21.7. The van der Waals surface area contributed by atoms with Gasteiger partial charge in [-0.1, -0.05) is 83.6 Å². The molecule has 3 aliphatic rings. The van der Waals surface area contributed by atoms with Crippen molar-refractivity contribution in [1.82, 2.24) is 15.0 Å². The summed E-state index contributed by atoms with van der Waals surface area (Å²) in [5.74, 6) is 0.00401. The Hall–Kier alpha value is -3.54. The van der Waals surface area contributed by atoms with Gasteiger partial charge in [0.15, 0.2) is 0 Å². The summed E-state index contributed by atoms with van der Waals surface area (Å²) in [6.45, 7) is 2.78. The molecule has 3 unspecified atom stereocenters. The summed E-state index contributed by atoms with van der Waals surface area (Å²) < 4.78 is 5.77. The van der Waals surface area contributed by atoms with E-state index in [4.69, 9.17) is 9.73 Å². The first-order valence-electron chi connectivity index (χ1n) is 17.4. The number of unbranched alkanes of at least 4 members (excludes halogenated alkanes) is 11. The molecule has 0 amide bonds. The van der Waals surface area contributed by atoms with Crippen LogP contribution in [0.5, 0.6) is 0 Å². The van der Waals surface area contributed by atoms with Crippen LogP contribution in [-0.2, 0) is 9.53 Å². The molecule has 0 saturated heterocycles. The lowest BCUT2D eigenvalue weighted by molar-refractivity contribution is -0.144. The van der Waals surface area contributed by atoms with Crippen LogP contribution in [0, 0.1) is 0 Å². The molecule has 8 bridgehead atoms. The Bertz CT molecular complexity index is 1570. The van der Waals surface area contributed by atoms with Gasteiger partial charge in [0, 0.05) is 51.0 Å². The largest absolute Gasteiger partial charge is 0.466 e. The second kappa shape index (κ2) is 15.0. The third-order valence-electron chi connectivity index (χ3n) is 9.63. The SMILES string of the molecule is CCCCCCCCCCCCCCOC(=O)CC1c2ccc([nH]2)C=c2ccc([nH]2)=CC2C=C3CCC(C3=N2)c2ccc1[nH]2. The van der Waals surface area contributed by atoms with E-state index in [1.807, 2.05) is 0 Å². The molecule has 0 spiro atoms. The van der Waals surface area contributed by atoms with Crippen LogP contribution < -0.4 is 10.7 Å². The van der Waals surface area contributed by atoms with Gasteiger partial charge in [-0.15, -0.1) is 0 Å². The standard InChI is InChI=1S/C38H50N4O2/c1-2-3-4-5-6-7-8-9-10-11-12-13-22-44-37(43)26-33-35-19-17-30(40-35)24-28-15-16-29(39-28)25-31-23-27-14-18-32(38(27)41-31)34-20-21-36(33)42-34/h15-17,19-21,23-25,31-33,39-40,42H,2-14,18,22,26H2,1H3. The molecule has 1 aliphatic carbocycles. The molecule has 0 aromatic carbocycles. The van der Waals surface area contributed by atoms with E-state index in [0.717, 1.165) is 53.5 Å². The van der Waals surface area contributed by atoms with Crippen LogP contribution in [0.4, 0.5) is 0 Å². The number of aromatic nitrogens is 3. The third-order valence-corrected chi connectivity index (χ3v) is 9.63. The fourth-order valence-electron chi connectivity index (χ4n) is 7.18. The number of rotatable bonds is 15. The molecule has 2 aliphatic heterocycles. The van der Waals surface area contributed by atoms with Crippen LogP contribution in [-0.4, -0.2) is 39.3 Å². The van der Waals surface area contributed by atoms with Crippen molar-refractivity contribution in [2.75, 3.05) is 6.61 Å². The first kappa shape index (κ1) is 30.5. The summed E-state index contributed by atoms with van der Waals surface area (Å²) in [5, 5.41) is 2.11. The van der Waals surface area contributed by atoms with Gasteiger partial charge >= 0.3 is 5.97 Å². The Morgan fingerprint density at radius 3 is 2.25 bits per heavy atom. The molecule has 6 nitrogen and oxygen atoms in total. The van der Waals surface area contributed by atoms with Crippen molar-refractivity contribution in [3.8, 4) is 0 Å². The highest BCUT2D eigenvalue weighted by molar-refractivity contribution is 6.08. The summed E-state index contributed by atoms with van der Waals surface area (Å²) in [4.78, 5) is 29.0. The monoisotopic (exact) mass is 594 g/mol. The maximum atomic E-state index is 13.1. The number of fused-ring (bicyclic) bond motifs is 8. The summed E-state index contributed by atoms with van der Waals surface area (Å²) in [7, 11) is 0. The smallest absolute Gasteiger partial charge is 0.306 e. The fraction of sp³-hybridized carbons (Fsp3) is 0.526. The van der Waals surface area contributed by atoms with Crippen LogP contribution in [0.15, 0.2) is 53.0 Å². The van der Waals surface area contributed by atoms with E-state index < -0.39 is 0 Å². The summed E-state index contributed by atoms with van der Waals surface area (Å²) in [5.41, 5.74) is 6.84. The average molecular weight is 595 g/mol. The van der Waals surface area contributed by atoms with Crippen molar-refractivity contribution in [3.05, 3.63) is 81.5 Å². The molecule has 6 heteroatoms. The van der Waals surface area contributed by atoms with Gasteiger partial charge in [0.2, 0.25) is 0 Å². The van der Waals surface area contributed by atoms with Gasteiger partial charge in [-0.05, 0) is 73.4 Å². The highest BCUT2D eigenvalue weighted by atomic mass is 16.5. The van der Waals surface area contributed by atoms with Crippen LogP contribution in [0.25, 0.3) is 12.2 Å². The molecule has 3 aromatic rings. The quantitative estimate of drug-likeness (QED) is 0.124. The molecular formula is C38H50N4O2. The number of aliphatic imine (C=N–C) groups is 1. The maximum absolute atomic E-state index is 13.1. The van der Waals surface area contributed by atoms with Gasteiger partial charge < -0.3 is 19.7 Å². The molecule has 1 saturated carbocycles. The van der Waals surface area contributed by atoms with Crippen molar-refractivity contribution in [1.29, 1.82) is 0 Å². The van der Waals surface area contributed by atoms with E-state index in [1.54, 1.807) is 0 Å². The van der Waals surface area contributed by atoms with Crippen molar-refractivity contribution >= 4 is 23.8 Å². The predicted molar refractivity (Wildman–Crippen MR) is 179 cm³/mol. The molecular weight excluding hydrogens is 544 g/mol. The zero-order valence-electron chi connectivity index (χ0n) is 26.5. The number of hydrogen-bond acceptors (Lipinski definition) is 3. The molecule has 5 heterocycles. The molecule has 44 heavy (non-hydrogen) atoms. The Labute approximate surface area is 262 Å². The summed E-state index contributed by atoms with van der Waals surface area (Å²) in [6.07, 6.45) is 24.6. The van der Waals surface area contributed by atoms with Crippen LogP contribution in [0.3, 0.4) is 0 Å². The topological polar surface area (TPSA) is 86.0 Å². The van der Waals surface area contributed by atoms with E-state index in [2.05, 4.69) is 76.5 Å².